The van der Waals surface area contributed by atoms with Gasteiger partial charge in [0, 0.05) is 29.6 Å². The van der Waals surface area contributed by atoms with Crippen LogP contribution in [0.15, 0.2) is 59.6 Å². The lowest BCUT2D eigenvalue weighted by molar-refractivity contribution is -0.0695. The zero-order valence-electron chi connectivity index (χ0n) is 18.0. The van der Waals surface area contributed by atoms with Gasteiger partial charge in [-0.15, -0.1) is 0 Å². The Morgan fingerprint density at radius 2 is 1.76 bits per heavy atom. The number of benzene rings is 2. The van der Waals surface area contributed by atoms with Crippen molar-refractivity contribution < 1.29 is 4.74 Å². The van der Waals surface area contributed by atoms with Gasteiger partial charge in [-0.05, 0) is 49.1 Å². The van der Waals surface area contributed by atoms with Gasteiger partial charge in [0.1, 0.15) is 5.69 Å². The summed E-state index contributed by atoms with van der Waals surface area (Å²) < 4.78 is 7.19. The number of ether oxygens (including phenoxy) is 1. The molecule has 2 saturated heterocycles. The topological polar surface area (TPSA) is 66.4 Å². The van der Waals surface area contributed by atoms with Crippen LogP contribution in [0.4, 0.5) is 0 Å². The molecule has 2 aromatic carbocycles. The van der Waals surface area contributed by atoms with Crippen molar-refractivity contribution in [3.63, 3.8) is 0 Å². The predicted octanol–water partition coefficient (Wildman–Crippen LogP) is 5.43. The molecule has 0 aliphatic carbocycles. The van der Waals surface area contributed by atoms with E-state index in [1.165, 1.54) is 0 Å². The summed E-state index contributed by atoms with van der Waals surface area (Å²) in [5.74, 6) is 1.94. The lowest BCUT2D eigenvalue weighted by atomic mass is 9.83. The first kappa shape index (κ1) is 22.0. The first-order valence-corrected chi connectivity index (χ1v) is 11.8. The van der Waals surface area contributed by atoms with Crippen molar-refractivity contribution >= 4 is 29.0 Å². The van der Waals surface area contributed by atoms with E-state index in [9.17, 15) is 5.26 Å². The normalized spacial score (nSPS) is 17.6. The minimum Gasteiger partial charge on any atom is -0.381 e. The van der Waals surface area contributed by atoms with Gasteiger partial charge in [-0.2, -0.15) is 15.4 Å². The molecule has 0 saturated carbocycles. The molecule has 0 unspecified atom stereocenters. The molecular formula is C25H23Cl2N5O. The Bertz CT molecular complexity index is 1200. The summed E-state index contributed by atoms with van der Waals surface area (Å²) in [6.07, 6.45) is 4.11. The minimum absolute atomic E-state index is 0.588. The summed E-state index contributed by atoms with van der Waals surface area (Å²) >= 11 is 12.6. The van der Waals surface area contributed by atoms with Crippen LogP contribution in [0.2, 0.25) is 10.0 Å². The number of nitrogens with zero attached hydrogens (tertiary/aromatic N) is 5. The van der Waals surface area contributed by atoms with Gasteiger partial charge in [0.05, 0.1) is 29.6 Å². The number of para-hydroxylation sites is 1. The first-order chi connectivity index (χ1) is 16.1. The third-order valence-electron chi connectivity index (χ3n) is 6.48. The largest absolute Gasteiger partial charge is 0.381 e. The van der Waals surface area contributed by atoms with Crippen LogP contribution in [0, 0.1) is 23.3 Å². The molecule has 6 nitrogen and oxygen atoms in total. The maximum atomic E-state index is 9.45. The predicted molar refractivity (Wildman–Crippen MR) is 130 cm³/mol. The summed E-state index contributed by atoms with van der Waals surface area (Å²) in [6, 6.07) is 17.1. The van der Waals surface area contributed by atoms with Gasteiger partial charge in [-0.3, -0.25) is 0 Å². The molecule has 3 heterocycles. The van der Waals surface area contributed by atoms with E-state index in [0.717, 1.165) is 56.1 Å². The van der Waals surface area contributed by atoms with Gasteiger partial charge in [0.25, 0.3) is 0 Å². The average molecular weight is 480 g/mol. The molecular weight excluding hydrogens is 457 g/mol. The lowest BCUT2D eigenvalue weighted by Crippen LogP contribution is -2.44. The smallest absolute Gasteiger partial charge is 0.207 e. The highest BCUT2D eigenvalue weighted by Gasteiger charge is 2.33. The number of amidine groups is 1. The summed E-state index contributed by atoms with van der Waals surface area (Å²) in [4.78, 5) is 6.36. The van der Waals surface area contributed by atoms with Crippen LogP contribution in [0.5, 0.6) is 0 Å². The molecule has 2 aliphatic heterocycles. The second-order valence-corrected chi connectivity index (χ2v) is 9.29. The molecule has 0 radical (unpaired) electrons. The summed E-state index contributed by atoms with van der Waals surface area (Å²) in [6.45, 7) is 3.43. The third-order valence-corrected chi connectivity index (χ3v) is 7.06. The Kier molecular flexibility index (Phi) is 6.37. The van der Waals surface area contributed by atoms with Crippen molar-refractivity contribution in [2.24, 2.45) is 16.8 Å². The van der Waals surface area contributed by atoms with E-state index in [-0.39, 0.29) is 0 Å². The van der Waals surface area contributed by atoms with Gasteiger partial charge in [0.15, 0.2) is 5.84 Å². The van der Waals surface area contributed by atoms with Crippen molar-refractivity contribution in [1.29, 1.82) is 5.26 Å². The number of halogens is 2. The molecule has 0 atom stereocenters. The second-order valence-electron chi connectivity index (χ2n) is 8.44. The minimum atomic E-state index is 0.588. The Morgan fingerprint density at radius 1 is 1.03 bits per heavy atom. The first-order valence-electron chi connectivity index (χ1n) is 11.0. The highest BCUT2D eigenvalue weighted by Crippen LogP contribution is 2.32. The van der Waals surface area contributed by atoms with E-state index >= 15 is 0 Å². The van der Waals surface area contributed by atoms with E-state index in [2.05, 4.69) is 9.89 Å². The zero-order valence-corrected chi connectivity index (χ0v) is 19.5. The molecule has 0 N–H and O–H groups in total. The van der Waals surface area contributed by atoms with Crippen molar-refractivity contribution in [2.75, 3.05) is 26.3 Å². The maximum absolute atomic E-state index is 9.45. The number of hydrogen-bond acceptors (Lipinski definition) is 4. The van der Waals surface area contributed by atoms with Crippen molar-refractivity contribution in [3.8, 4) is 23.1 Å². The maximum Gasteiger partial charge on any atom is 0.207 e. The average Bonchev–Trinajstić information content (AvgIpc) is 3.22. The summed E-state index contributed by atoms with van der Waals surface area (Å²) in [7, 11) is 0. The fourth-order valence-electron chi connectivity index (χ4n) is 4.57. The number of rotatable bonds is 4. The summed E-state index contributed by atoms with van der Waals surface area (Å²) in [5, 5.41) is 15.6. The molecule has 0 amide bonds. The number of piperidine rings is 1. The van der Waals surface area contributed by atoms with E-state index in [1.807, 2.05) is 65.5 Å². The monoisotopic (exact) mass is 479 g/mol. The van der Waals surface area contributed by atoms with Crippen LogP contribution in [-0.2, 0) is 4.74 Å². The molecule has 8 heteroatoms. The lowest BCUT2D eigenvalue weighted by Gasteiger charge is -2.40. The molecule has 2 fully saturated rings. The fraction of sp³-hybridized carbons (Fsp3) is 0.320. The van der Waals surface area contributed by atoms with Gasteiger partial charge in [0.2, 0.25) is 6.19 Å². The number of hydrogen-bond donors (Lipinski definition) is 0. The molecule has 0 bridgehead atoms. The van der Waals surface area contributed by atoms with E-state index in [1.54, 1.807) is 0 Å². The molecule has 5 rings (SSSR count). The quantitative estimate of drug-likeness (QED) is 0.284. The Balaban J connectivity index is 1.52. The Labute approximate surface area is 203 Å². The van der Waals surface area contributed by atoms with Gasteiger partial charge in [-0.1, -0.05) is 47.5 Å². The summed E-state index contributed by atoms with van der Waals surface area (Å²) in [5.41, 5.74) is 3.20. The van der Waals surface area contributed by atoms with Crippen LogP contribution >= 0.6 is 23.2 Å². The van der Waals surface area contributed by atoms with E-state index in [4.69, 9.17) is 33.0 Å². The highest BCUT2D eigenvalue weighted by molar-refractivity contribution is 6.32. The molecule has 33 heavy (non-hydrogen) atoms. The van der Waals surface area contributed by atoms with Crippen LogP contribution in [0.3, 0.4) is 0 Å². The molecule has 2 aliphatic rings. The fourth-order valence-corrected chi connectivity index (χ4v) is 4.91. The zero-order chi connectivity index (χ0) is 22.8. The number of aromatic nitrogens is 2. The molecule has 3 aromatic rings. The van der Waals surface area contributed by atoms with E-state index < -0.39 is 0 Å². The van der Waals surface area contributed by atoms with Gasteiger partial charge < -0.3 is 9.64 Å². The van der Waals surface area contributed by atoms with Crippen molar-refractivity contribution in [2.45, 2.75) is 12.8 Å². The van der Waals surface area contributed by atoms with Crippen molar-refractivity contribution in [1.82, 2.24) is 14.7 Å². The Hall–Kier alpha value is -2.85. The van der Waals surface area contributed by atoms with Crippen LogP contribution < -0.4 is 0 Å². The number of nitriles is 1. The van der Waals surface area contributed by atoms with Crippen LogP contribution in [0.25, 0.3) is 16.9 Å². The van der Waals surface area contributed by atoms with E-state index in [0.29, 0.717) is 33.4 Å². The van der Waals surface area contributed by atoms with Crippen LogP contribution in [0.1, 0.15) is 18.5 Å². The molecule has 0 spiro atoms. The number of aliphatic imine (C=N–C) groups is 1. The molecule has 168 valence electrons. The SMILES string of the molecule is N#CN=C(c1cc(-c2ccc(Cl)cc2)n(-c2ccccc2Cl)n1)N1CCC(C2COC2)CC1. The highest BCUT2D eigenvalue weighted by atomic mass is 35.5. The number of likely N-dealkylation sites (tertiary alicyclic amines) is 1. The molecule has 1 aromatic heterocycles. The van der Waals surface area contributed by atoms with Crippen molar-refractivity contribution in [3.05, 3.63) is 70.3 Å². The third kappa shape index (κ3) is 4.49. The second kappa shape index (κ2) is 9.56. The van der Waals surface area contributed by atoms with Gasteiger partial charge >= 0.3 is 0 Å². The van der Waals surface area contributed by atoms with Gasteiger partial charge in [-0.25, -0.2) is 4.68 Å². The Morgan fingerprint density at radius 3 is 2.39 bits per heavy atom. The van der Waals surface area contributed by atoms with Crippen LogP contribution in [-0.4, -0.2) is 46.8 Å². The standard InChI is InChI=1S/C25H23Cl2N5O/c26-20-7-5-18(6-8-20)24-13-22(30-32(24)23-4-2-1-3-21(23)27)25(29-16-28)31-11-9-17(10-12-31)19-14-33-15-19/h1-8,13,17,19H,9-12,14-15H2.